The molecule has 1 aliphatic carbocycles. The minimum Gasteiger partial charge on any atom is -0.342 e. The highest BCUT2D eigenvalue weighted by Gasteiger charge is 2.25. The van der Waals surface area contributed by atoms with Gasteiger partial charge in [0, 0.05) is 24.3 Å². The van der Waals surface area contributed by atoms with Crippen LogP contribution in [0.3, 0.4) is 0 Å². The van der Waals surface area contributed by atoms with Crippen molar-refractivity contribution in [3.05, 3.63) is 0 Å². The van der Waals surface area contributed by atoms with E-state index in [4.69, 9.17) is 0 Å². The molecular weight excluding hydrogens is 230 g/mol. The molecule has 0 aromatic rings. The average molecular weight is 248 g/mol. The summed E-state index contributed by atoms with van der Waals surface area (Å²) in [6.45, 7) is 3.75. The first kappa shape index (κ1) is 11.0. The van der Waals surface area contributed by atoms with Crippen molar-refractivity contribution in [1.82, 2.24) is 4.90 Å². The van der Waals surface area contributed by atoms with Gasteiger partial charge in [-0.2, -0.15) is 0 Å². The molecule has 0 aliphatic heterocycles. The third-order valence-electron chi connectivity index (χ3n) is 2.75. The smallest absolute Gasteiger partial charge is 0.225 e. The van der Waals surface area contributed by atoms with Crippen LogP contribution in [-0.4, -0.2) is 29.2 Å². The highest BCUT2D eigenvalue weighted by atomic mass is 79.9. The van der Waals surface area contributed by atoms with Crippen LogP contribution in [0.25, 0.3) is 0 Å². The summed E-state index contributed by atoms with van der Waals surface area (Å²) in [5.41, 5.74) is 0. The maximum absolute atomic E-state index is 11.9. The number of alkyl halides is 1. The normalized spacial score (nSPS) is 17.7. The largest absolute Gasteiger partial charge is 0.342 e. The lowest BCUT2D eigenvalue weighted by Gasteiger charge is -2.23. The Balaban J connectivity index is 2.42. The van der Waals surface area contributed by atoms with E-state index >= 15 is 0 Å². The van der Waals surface area contributed by atoms with E-state index in [0.717, 1.165) is 31.3 Å². The Morgan fingerprint density at radius 2 is 2.08 bits per heavy atom. The first-order chi connectivity index (χ1) is 6.29. The van der Waals surface area contributed by atoms with Gasteiger partial charge >= 0.3 is 0 Å². The molecule has 1 amide bonds. The molecule has 1 saturated carbocycles. The maximum atomic E-state index is 11.9. The standard InChI is InChI=1S/C10H18BrNO/c1-2-12(8-7-11)10(13)9-5-3-4-6-9/h9H,2-8H2,1H3. The zero-order valence-electron chi connectivity index (χ0n) is 8.26. The van der Waals surface area contributed by atoms with Gasteiger partial charge in [0.05, 0.1) is 0 Å². The predicted octanol–water partition coefficient (Wildman–Crippen LogP) is 2.42. The summed E-state index contributed by atoms with van der Waals surface area (Å²) in [7, 11) is 0. The van der Waals surface area contributed by atoms with Crippen LogP contribution in [-0.2, 0) is 4.79 Å². The molecule has 76 valence electrons. The van der Waals surface area contributed by atoms with Crippen molar-refractivity contribution in [2.75, 3.05) is 18.4 Å². The Labute approximate surface area is 88.8 Å². The van der Waals surface area contributed by atoms with Gasteiger partial charge in [-0.1, -0.05) is 28.8 Å². The second-order valence-electron chi connectivity index (χ2n) is 3.59. The van der Waals surface area contributed by atoms with Gasteiger partial charge in [-0.15, -0.1) is 0 Å². The summed E-state index contributed by atoms with van der Waals surface area (Å²) < 4.78 is 0. The molecule has 0 aromatic carbocycles. The number of hydrogen-bond donors (Lipinski definition) is 0. The molecule has 2 nitrogen and oxygen atoms in total. The van der Waals surface area contributed by atoms with Gasteiger partial charge in [0.1, 0.15) is 0 Å². The SMILES string of the molecule is CCN(CCBr)C(=O)C1CCCC1. The molecule has 0 N–H and O–H groups in total. The number of carbonyl (C=O) groups excluding carboxylic acids is 1. The summed E-state index contributed by atoms with van der Waals surface area (Å²) in [5.74, 6) is 0.707. The number of nitrogens with zero attached hydrogens (tertiary/aromatic N) is 1. The third kappa shape index (κ3) is 2.97. The van der Waals surface area contributed by atoms with Gasteiger partial charge in [0.25, 0.3) is 0 Å². The van der Waals surface area contributed by atoms with Crippen molar-refractivity contribution < 1.29 is 4.79 Å². The second-order valence-corrected chi connectivity index (χ2v) is 4.38. The Kier molecular flexibility index (Phi) is 4.78. The molecule has 0 aromatic heterocycles. The second kappa shape index (κ2) is 5.63. The van der Waals surface area contributed by atoms with Crippen LogP contribution in [0.2, 0.25) is 0 Å². The van der Waals surface area contributed by atoms with Crippen LogP contribution >= 0.6 is 15.9 Å². The summed E-state index contributed by atoms with van der Waals surface area (Å²) in [4.78, 5) is 13.8. The van der Waals surface area contributed by atoms with E-state index in [1.807, 2.05) is 4.90 Å². The maximum Gasteiger partial charge on any atom is 0.225 e. The quantitative estimate of drug-likeness (QED) is 0.699. The van der Waals surface area contributed by atoms with E-state index in [-0.39, 0.29) is 0 Å². The number of halogens is 1. The fourth-order valence-electron chi connectivity index (χ4n) is 1.96. The van der Waals surface area contributed by atoms with Gasteiger partial charge in [-0.25, -0.2) is 0 Å². The van der Waals surface area contributed by atoms with E-state index in [0.29, 0.717) is 11.8 Å². The van der Waals surface area contributed by atoms with Crippen LogP contribution in [0.1, 0.15) is 32.6 Å². The van der Waals surface area contributed by atoms with Crippen molar-refractivity contribution in [1.29, 1.82) is 0 Å². The molecule has 1 fully saturated rings. The van der Waals surface area contributed by atoms with Gasteiger partial charge in [-0.3, -0.25) is 4.79 Å². The van der Waals surface area contributed by atoms with Crippen molar-refractivity contribution in [3.8, 4) is 0 Å². The number of amides is 1. The molecule has 0 heterocycles. The molecule has 0 bridgehead atoms. The Morgan fingerprint density at radius 1 is 1.46 bits per heavy atom. The first-order valence-corrected chi connectivity index (χ1v) is 6.26. The molecule has 0 saturated heterocycles. The van der Waals surface area contributed by atoms with Crippen molar-refractivity contribution >= 4 is 21.8 Å². The van der Waals surface area contributed by atoms with Gasteiger partial charge in [-0.05, 0) is 19.8 Å². The summed E-state index contributed by atoms with van der Waals surface area (Å²) in [5, 5.41) is 0.888. The average Bonchev–Trinajstić information content (AvgIpc) is 2.65. The minimum atomic E-state index is 0.332. The van der Waals surface area contributed by atoms with Crippen molar-refractivity contribution in [3.63, 3.8) is 0 Å². The van der Waals surface area contributed by atoms with E-state index in [9.17, 15) is 4.79 Å². The van der Waals surface area contributed by atoms with Crippen LogP contribution in [0.4, 0.5) is 0 Å². The van der Waals surface area contributed by atoms with E-state index < -0.39 is 0 Å². The molecule has 0 spiro atoms. The molecule has 13 heavy (non-hydrogen) atoms. The predicted molar refractivity (Wildman–Crippen MR) is 58.0 cm³/mol. The lowest BCUT2D eigenvalue weighted by atomic mass is 10.1. The summed E-state index contributed by atoms with van der Waals surface area (Å²) in [6, 6.07) is 0. The number of hydrogen-bond acceptors (Lipinski definition) is 1. The summed E-state index contributed by atoms with van der Waals surface area (Å²) >= 11 is 3.37. The topological polar surface area (TPSA) is 20.3 Å². The first-order valence-electron chi connectivity index (χ1n) is 5.14. The molecule has 0 radical (unpaired) electrons. The van der Waals surface area contributed by atoms with Crippen LogP contribution < -0.4 is 0 Å². The monoisotopic (exact) mass is 247 g/mol. The highest BCUT2D eigenvalue weighted by Crippen LogP contribution is 2.26. The Hall–Kier alpha value is -0.0500. The fourth-order valence-corrected chi connectivity index (χ4v) is 2.39. The fraction of sp³-hybridized carbons (Fsp3) is 0.900. The third-order valence-corrected chi connectivity index (χ3v) is 3.11. The van der Waals surface area contributed by atoms with E-state index in [1.54, 1.807) is 0 Å². The Bertz CT molecular complexity index is 166. The van der Waals surface area contributed by atoms with Gasteiger partial charge < -0.3 is 4.90 Å². The van der Waals surface area contributed by atoms with Crippen LogP contribution in [0.15, 0.2) is 0 Å². The highest BCUT2D eigenvalue weighted by molar-refractivity contribution is 9.09. The molecular formula is C10H18BrNO. The van der Waals surface area contributed by atoms with Gasteiger partial charge in [0.2, 0.25) is 5.91 Å². The lowest BCUT2D eigenvalue weighted by molar-refractivity contribution is -0.134. The summed E-state index contributed by atoms with van der Waals surface area (Å²) in [6.07, 6.45) is 4.69. The number of carbonyl (C=O) groups is 1. The lowest BCUT2D eigenvalue weighted by Crippen LogP contribution is -2.36. The van der Waals surface area contributed by atoms with Crippen LogP contribution in [0, 0.1) is 5.92 Å². The van der Waals surface area contributed by atoms with E-state index in [1.165, 1.54) is 12.8 Å². The zero-order valence-corrected chi connectivity index (χ0v) is 9.85. The zero-order chi connectivity index (χ0) is 9.68. The molecule has 1 aliphatic rings. The molecule has 1 rings (SSSR count). The van der Waals surface area contributed by atoms with Crippen molar-refractivity contribution in [2.24, 2.45) is 5.92 Å². The Morgan fingerprint density at radius 3 is 2.54 bits per heavy atom. The van der Waals surface area contributed by atoms with Crippen molar-refractivity contribution in [2.45, 2.75) is 32.6 Å². The van der Waals surface area contributed by atoms with Crippen LogP contribution in [0.5, 0.6) is 0 Å². The molecule has 3 heteroatoms. The van der Waals surface area contributed by atoms with E-state index in [2.05, 4.69) is 22.9 Å². The minimum absolute atomic E-state index is 0.332. The molecule has 0 atom stereocenters. The molecule has 0 unspecified atom stereocenters. The number of rotatable bonds is 4. The van der Waals surface area contributed by atoms with Gasteiger partial charge in [0.15, 0.2) is 0 Å².